The van der Waals surface area contributed by atoms with Crippen molar-refractivity contribution in [3.05, 3.63) is 35.3 Å². The predicted octanol–water partition coefficient (Wildman–Crippen LogP) is 1.94. The van der Waals surface area contributed by atoms with E-state index in [4.69, 9.17) is 5.11 Å². The van der Waals surface area contributed by atoms with Gasteiger partial charge in [0, 0.05) is 12.6 Å². The molecule has 0 atom stereocenters. The first-order valence-electron chi connectivity index (χ1n) is 5.17. The maximum absolute atomic E-state index is 13.3. The van der Waals surface area contributed by atoms with Gasteiger partial charge in [-0.3, -0.25) is 4.68 Å². The minimum atomic E-state index is -1.14. The van der Waals surface area contributed by atoms with E-state index in [2.05, 4.69) is 5.10 Å². The van der Waals surface area contributed by atoms with E-state index in [0.717, 1.165) is 0 Å². The molecule has 0 saturated carbocycles. The second-order valence-corrected chi connectivity index (χ2v) is 3.97. The van der Waals surface area contributed by atoms with E-state index in [1.807, 2.05) is 0 Å². The number of hydrogen-bond acceptors (Lipinski definition) is 3. The highest BCUT2D eigenvalue weighted by Crippen LogP contribution is 2.28. The number of aromatic nitrogens is 2. The molecule has 1 aromatic heterocycles. The summed E-state index contributed by atoms with van der Waals surface area (Å²) in [5.41, 5.74) is 1.18. The molecule has 0 bridgehead atoms. The van der Waals surface area contributed by atoms with E-state index in [-0.39, 0.29) is 11.3 Å². The number of aromatic carboxylic acids is 1. The normalized spacial score (nSPS) is 10.6. The summed E-state index contributed by atoms with van der Waals surface area (Å²) in [5, 5.41) is 22.1. The van der Waals surface area contributed by atoms with Gasteiger partial charge in [0.2, 0.25) is 0 Å². The van der Waals surface area contributed by atoms with Gasteiger partial charge in [0.05, 0.1) is 5.69 Å². The number of halogens is 1. The second-order valence-electron chi connectivity index (χ2n) is 3.97. The lowest BCUT2D eigenvalue weighted by Gasteiger charge is -2.05. The van der Waals surface area contributed by atoms with Crippen molar-refractivity contribution in [1.29, 1.82) is 0 Å². The summed E-state index contributed by atoms with van der Waals surface area (Å²) < 4.78 is 14.7. The number of carboxylic acids is 1. The van der Waals surface area contributed by atoms with Gasteiger partial charge in [-0.1, -0.05) is 0 Å². The van der Waals surface area contributed by atoms with Crippen LogP contribution >= 0.6 is 0 Å². The number of aryl methyl sites for hydroxylation is 2. The summed E-state index contributed by atoms with van der Waals surface area (Å²) in [6.07, 6.45) is 0. The first kappa shape index (κ1) is 12.1. The van der Waals surface area contributed by atoms with E-state index >= 15 is 0 Å². The minimum Gasteiger partial charge on any atom is -0.505 e. The highest BCUT2D eigenvalue weighted by atomic mass is 19.1. The van der Waals surface area contributed by atoms with Crippen LogP contribution in [0, 0.1) is 12.7 Å². The van der Waals surface area contributed by atoms with E-state index in [1.54, 1.807) is 7.05 Å². The van der Waals surface area contributed by atoms with Crippen LogP contribution in [0.4, 0.5) is 4.39 Å². The molecule has 2 aromatic rings. The highest BCUT2D eigenvalue weighted by molar-refractivity contribution is 5.87. The van der Waals surface area contributed by atoms with Crippen LogP contribution in [0.3, 0.4) is 0 Å². The zero-order valence-corrected chi connectivity index (χ0v) is 9.81. The molecule has 0 fully saturated rings. The molecule has 2 N–H and O–H groups in total. The molecule has 0 amide bonds. The van der Waals surface area contributed by atoms with Gasteiger partial charge in [0.25, 0.3) is 0 Å². The van der Waals surface area contributed by atoms with Crippen LogP contribution in [0.1, 0.15) is 16.1 Å². The Bertz CT molecular complexity index is 611. The molecule has 2 rings (SSSR count). The molecule has 6 heteroatoms. The Morgan fingerprint density at radius 2 is 2.06 bits per heavy atom. The quantitative estimate of drug-likeness (QED) is 0.854. The van der Waals surface area contributed by atoms with Crippen LogP contribution in [0.2, 0.25) is 0 Å². The fourth-order valence-electron chi connectivity index (χ4n) is 1.74. The van der Waals surface area contributed by atoms with Crippen molar-refractivity contribution in [2.24, 2.45) is 7.05 Å². The fourth-order valence-corrected chi connectivity index (χ4v) is 1.74. The molecular weight excluding hydrogens is 239 g/mol. The van der Waals surface area contributed by atoms with Gasteiger partial charge < -0.3 is 10.2 Å². The molecule has 0 aliphatic rings. The maximum atomic E-state index is 13.3. The molecular formula is C12H11FN2O3. The van der Waals surface area contributed by atoms with E-state index in [1.165, 1.54) is 29.8 Å². The largest absolute Gasteiger partial charge is 0.505 e. The SMILES string of the molecule is Cc1cc(-c2cc(C(=O)O)nn2C)cc(O)c1F. The molecule has 0 saturated heterocycles. The molecule has 0 aliphatic carbocycles. The van der Waals surface area contributed by atoms with Gasteiger partial charge in [-0.25, -0.2) is 9.18 Å². The summed E-state index contributed by atoms with van der Waals surface area (Å²) in [6, 6.07) is 4.14. The van der Waals surface area contributed by atoms with Crippen molar-refractivity contribution >= 4 is 5.97 Å². The van der Waals surface area contributed by atoms with E-state index in [9.17, 15) is 14.3 Å². The maximum Gasteiger partial charge on any atom is 0.356 e. The summed E-state index contributed by atoms with van der Waals surface area (Å²) in [4.78, 5) is 10.8. The van der Waals surface area contributed by atoms with Crippen LogP contribution < -0.4 is 0 Å². The van der Waals surface area contributed by atoms with Gasteiger partial charge in [-0.2, -0.15) is 5.10 Å². The number of phenols is 1. The lowest BCUT2D eigenvalue weighted by molar-refractivity contribution is 0.0689. The number of nitrogens with zero attached hydrogens (tertiary/aromatic N) is 2. The monoisotopic (exact) mass is 250 g/mol. The molecule has 94 valence electrons. The van der Waals surface area contributed by atoms with Gasteiger partial charge in [-0.15, -0.1) is 0 Å². The summed E-state index contributed by atoms with van der Waals surface area (Å²) in [5.74, 6) is -2.29. The third kappa shape index (κ3) is 1.92. The summed E-state index contributed by atoms with van der Waals surface area (Å²) >= 11 is 0. The van der Waals surface area contributed by atoms with Crippen LogP contribution in [0.25, 0.3) is 11.3 Å². The topological polar surface area (TPSA) is 75.3 Å². The zero-order valence-electron chi connectivity index (χ0n) is 9.81. The summed E-state index contributed by atoms with van der Waals surface area (Å²) in [7, 11) is 1.58. The van der Waals surface area contributed by atoms with Crippen molar-refractivity contribution < 1.29 is 19.4 Å². The minimum absolute atomic E-state index is 0.103. The number of phenolic OH excluding ortho intramolecular Hbond substituents is 1. The zero-order chi connectivity index (χ0) is 13.4. The van der Waals surface area contributed by atoms with Gasteiger partial charge >= 0.3 is 5.97 Å². The number of carbonyl (C=O) groups is 1. The molecule has 0 unspecified atom stereocenters. The number of benzene rings is 1. The molecule has 18 heavy (non-hydrogen) atoms. The highest BCUT2D eigenvalue weighted by Gasteiger charge is 2.15. The third-order valence-corrected chi connectivity index (χ3v) is 2.63. The predicted molar refractivity (Wildman–Crippen MR) is 62.0 cm³/mol. The van der Waals surface area contributed by atoms with Gasteiger partial charge in [-0.05, 0) is 30.7 Å². The van der Waals surface area contributed by atoms with Gasteiger partial charge in [0.15, 0.2) is 17.3 Å². The lowest BCUT2D eigenvalue weighted by Crippen LogP contribution is -1.99. The van der Waals surface area contributed by atoms with Crippen LogP contribution in [-0.2, 0) is 7.05 Å². The smallest absolute Gasteiger partial charge is 0.356 e. The lowest BCUT2D eigenvalue weighted by atomic mass is 10.1. The average Bonchev–Trinajstić information content (AvgIpc) is 2.68. The first-order valence-corrected chi connectivity index (χ1v) is 5.17. The van der Waals surface area contributed by atoms with E-state index in [0.29, 0.717) is 11.3 Å². The Hall–Kier alpha value is -2.37. The molecule has 1 heterocycles. The van der Waals surface area contributed by atoms with Crippen molar-refractivity contribution in [2.45, 2.75) is 6.92 Å². The number of hydrogen-bond donors (Lipinski definition) is 2. The van der Waals surface area contributed by atoms with Crippen molar-refractivity contribution in [2.75, 3.05) is 0 Å². The Labute approximate surface area is 102 Å². The van der Waals surface area contributed by atoms with Crippen LogP contribution in [0.15, 0.2) is 18.2 Å². The Kier molecular flexibility index (Phi) is 2.78. The average molecular weight is 250 g/mol. The van der Waals surface area contributed by atoms with Crippen molar-refractivity contribution in [3.63, 3.8) is 0 Å². The van der Waals surface area contributed by atoms with Gasteiger partial charge in [0.1, 0.15) is 0 Å². The number of carboxylic acid groups (broad SMARTS) is 1. The molecule has 0 aliphatic heterocycles. The Morgan fingerprint density at radius 3 is 2.56 bits per heavy atom. The molecule has 1 aromatic carbocycles. The number of aromatic hydroxyl groups is 1. The Morgan fingerprint density at radius 1 is 1.39 bits per heavy atom. The van der Waals surface area contributed by atoms with Crippen molar-refractivity contribution in [3.8, 4) is 17.0 Å². The second kappa shape index (κ2) is 4.14. The molecule has 5 nitrogen and oxygen atoms in total. The van der Waals surface area contributed by atoms with E-state index < -0.39 is 17.5 Å². The van der Waals surface area contributed by atoms with Crippen molar-refractivity contribution in [1.82, 2.24) is 9.78 Å². The molecule has 0 spiro atoms. The van der Waals surface area contributed by atoms with Crippen LogP contribution in [-0.4, -0.2) is 26.0 Å². The van der Waals surface area contributed by atoms with Crippen LogP contribution in [0.5, 0.6) is 5.75 Å². The molecule has 0 radical (unpaired) electrons. The number of rotatable bonds is 2. The third-order valence-electron chi connectivity index (χ3n) is 2.63. The first-order chi connectivity index (χ1) is 8.40. The Balaban J connectivity index is 2.58. The standard InChI is InChI=1S/C12H11FN2O3/c1-6-3-7(4-10(16)11(6)13)9-5-8(12(17)18)14-15(9)2/h3-5,16H,1-2H3,(H,17,18). The fraction of sp³-hybridized carbons (Fsp3) is 0.167. The summed E-state index contributed by atoms with van der Waals surface area (Å²) in [6.45, 7) is 1.52.